The fraction of sp³-hybridized carbons (Fsp3) is 0.900. The lowest BCUT2D eigenvalue weighted by Gasteiger charge is -1.97. The van der Waals surface area contributed by atoms with E-state index in [1.54, 1.807) is 0 Å². The molecule has 1 atom stereocenters. The number of nitrogens with zero attached hydrogens (tertiary/aromatic N) is 1. The normalized spacial score (nSPS) is 23.8. The molecular weight excluding hydrogens is 134 g/mol. The van der Waals surface area contributed by atoms with Crippen molar-refractivity contribution in [2.75, 3.05) is 0 Å². The van der Waals surface area contributed by atoms with Gasteiger partial charge in [0.2, 0.25) is 0 Å². The molecule has 0 spiro atoms. The second kappa shape index (κ2) is 4.53. The maximum absolute atomic E-state index is 4.58. The van der Waals surface area contributed by atoms with E-state index in [0.29, 0.717) is 6.04 Å². The fourth-order valence-electron chi connectivity index (χ4n) is 1.58. The van der Waals surface area contributed by atoms with Gasteiger partial charge in [0.05, 0.1) is 0 Å². The Morgan fingerprint density at radius 2 is 2.27 bits per heavy atom. The summed E-state index contributed by atoms with van der Waals surface area (Å²) < 4.78 is 0. The van der Waals surface area contributed by atoms with E-state index in [9.17, 15) is 0 Å². The zero-order valence-electron chi connectivity index (χ0n) is 7.77. The Balaban J connectivity index is 2.12. The van der Waals surface area contributed by atoms with Crippen LogP contribution in [0, 0.1) is 0 Å². The van der Waals surface area contributed by atoms with Gasteiger partial charge in [-0.25, -0.2) is 0 Å². The molecule has 64 valence electrons. The molecule has 1 rings (SSSR count). The Labute approximate surface area is 69.9 Å². The summed E-state index contributed by atoms with van der Waals surface area (Å²) in [7, 11) is 0. The largest absolute Gasteiger partial charge is 0.291 e. The van der Waals surface area contributed by atoms with Crippen LogP contribution in [0.1, 0.15) is 52.4 Å². The first kappa shape index (κ1) is 8.76. The van der Waals surface area contributed by atoms with E-state index in [4.69, 9.17) is 0 Å². The average molecular weight is 153 g/mol. The smallest absolute Gasteiger partial charge is 0.0474 e. The van der Waals surface area contributed by atoms with Crippen molar-refractivity contribution in [3.63, 3.8) is 0 Å². The molecule has 11 heavy (non-hydrogen) atoms. The van der Waals surface area contributed by atoms with Crippen LogP contribution < -0.4 is 0 Å². The summed E-state index contributed by atoms with van der Waals surface area (Å²) in [5.41, 5.74) is 1.48. The van der Waals surface area contributed by atoms with Crippen LogP contribution in [0.3, 0.4) is 0 Å². The molecule has 0 bridgehead atoms. The SMILES string of the molecule is CCCCCC1=NC(C)CC1. The summed E-state index contributed by atoms with van der Waals surface area (Å²) in [5, 5.41) is 0. The monoisotopic (exact) mass is 153 g/mol. The molecular formula is C10H19N. The standard InChI is InChI=1S/C10H19N/c1-3-4-5-6-10-8-7-9(2)11-10/h9H,3-8H2,1-2H3. The van der Waals surface area contributed by atoms with Crippen molar-refractivity contribution in [3.8, 4) is 0 Å². The zero-order chi connectivity index (χ0) is 8.10. The van der Waals surface area contributed by atoms with Crippen molar-refractivity contribution in [3.05, 3.63) is 0 Å². The summed E-state index contributed by atoms with van der Waals surface area (Å²) in [5.74, 6) is 0. The minimum atomic E-state index is 0.617. The lowest BCUT2D eigenvalue weighted by molar-refractivity contribution is 0.735. The van der Waals surface area contributed by atoms with Crippen LogP contribution in [0.5, 0.6) is 0 Å². The second-order valence-electron chi connectivity index (χ2n) is 3.54. The van der Waals surface area contributed by atoms with Gasteiger partial charge in [-0.1, -0.05) is 19.8 Å². The molecule has 1 heteroatoms. The van der Waals surface area contributed by atoms with E-state index in [1.807, 2.05) is 0 Å². The van der Waals surface area contributed by atoms with Gasteiger partial charge in [-0.3, -0.25) is 4.99 Å². The van der Waals surface area contributed by atoms with E-state index in [2.05, 4.69) is 18.8 Å². The van der Waals surface area contributed by atoms with Crippen LogP contribution in [0.15, 0.2) is 4.99 Å². The predicted molar refractivity (Wildman–Crippen MR) is 50.3 cm³/mol. The third-order valence-corrected chi connectivity index (χ3v) is 2.32. The van der Waals surface area contributed by atoms with Crippen molar-refractivity contribution in [2.45, 2.75) is 58.4 Å². The van der Waals surface area contributed by atoms with Crippen molar-refractivity contribution >= 4 is 5.71 Å². The van der Waals surface area contributed by atoms with Gasteiger partial charge in [0, 0.05) is 11.8 Å². The minimum Gasteiger partial charge on any atom is -0.291 e. The first-order valence-corrected chi connectivity index (χ1v) is 4.88. The third kappa shape index (κ3) is 3.04. The highest BCUT2D eigenvalue weighted by molar-refractivity contribution is 5.86. The molecule has 0 aromatic heterocycles. The molecule has 1 aliphatic heterocycles. The number of unbranched alkanes of at least 4 members (excludes halogenated alkanes) is 2. The summed E-state index contributed by atoms with van der Waals surface area (Å²) in [6.07, 6.45) is 7.86. The van der Waals surface area contributed by atoms with E-state index in [0.717, 1.165) is 0 Å². The first-order chi connectivity index (χ1) is 5.33. The Morgan fingerprint density at radius 1 is 1.45 bits per heavy atom. The van der Waals surface area contributed by atoms with E-state index in [1.165, 1.54) is 44.2 Å². The van der Waals surface area contributed by atoms with Crippen molar-refractivity contribution < 1.29 is 0 Å². The van der Waals surface area contributed by atoms with Crippen LogP contribution in [-0.2, 0) is 0 Å². The van der Waals surface area contributed by atoms with Gasteiger partial charge in [-0.15, -0.1) is 0 Å². The van der Waals surface area contributed by atoms with Crippen LogP contribution in [0.2, 0.25) is 0 Å². The quantitative estimate of drug-likeness (QED) is 0.550. The molecule has 1 aliphatic rings. The maximum atomic E-state index is 4.58. The number of hydrogen-bond donors (Lipinski definition) is 0. The van der Waals surface area contributed by atoms with E-state index >= 15 is 0 Å². The van der Waals surface area contributed by atoms with Crippen molar-refractivity contribution in [1.82, 2.24) is 0 Å². The molecule has 0 N–H and O–H groups in total. The van der Waals surface area contributed by atoms with Gasteiger partial charge in [0.25, 0.3) is 0 Å². The Morgan fingerprint density at radius 3 is 2.82 bits per heavy atom. The van der Waals surface area contributed by atoms with Crippen molar-refractivity contribution in [1.29, 1.82) is 0 Å². The highest BCUT2D eigenvalue weighted by Gasteiger charge is 2.11. The lowest BCUT2D eigenvalue weighted by Crippen LogP contribution is -1.91. The molecule has 0 saturated heterocycles. The summed E-state index contributed by atoms with van der Waals surface area (Å²) in [6.45, 7) is 4.46. The maximum Gasteiger partial charge on any atom is 0.0474 e. The van der Waals surface area contributed by atoms with Crippen LogP contribution >= 0.6 is 0 Å². The van der Waals surface area contributed by atoms with Gasteiger partial charge in [-0.2, -0.15) is 0 Å². The molecule has 0 radical (unpaired) electrons. The Hall–Kier alpha value is -0.330. The first-order valence-electron chi connectivity index (χ1n) is 4.88. The summed E-state index contributed by atoms with van der Waals surface area (Å²) in [6, 6.07) is 0.617. The molecule has 0 amide bonds. The molecule has 1 heterocycles. The average Bonchev–Trinajstić information content (AvgIpc) is 2.37. The highest BCUT2D eigenvalue weighted by atomic mass is 14.8. The minimum absolute atomic E-state index is 0.617. The zero-order valence-corrected chi connectivity index (χ0v) is 7.77. The van der Waals surface area contributed by atoms with Gasteiger partial charge >= 0.3 is 0 Å². The third-order valence-electron chi connectivity index (χ3n) is 2.32. The van der Waals surface area contributed by atoms with Gasteiger partial charge in [-0.05, 0) is 32.6 Å². The molecule has 0 aromatic carbocycles. The van der Waals surface area contributed by atoms with Crippen molar-refractivity contribution in [2.24, 2.45) is 4.99 Å². The molecule has 1 nitrogen and oxygen atoms in total. The summed E-state index contributed by atoms with van der Waals surface area (Å²) in [4.78, 5) is 4.58. The summed E-state index contributed by atoms with van der Waals surface area (Å²) >= 11 is 0. The van der Waals surface area contributed by atoms with Crippen LogP contribution in [-0.4, -0.2) is 11.8 Å². The molecule has 0 fully saturated rings. The second-order valence-corrected chi connectivity index (χ2v) is 3.54. The van der Waals surface area contributed by atoms with Gasteiger partial charge in [0.1, 0.15) is 0 Å². The van der Waals surface area contributed by atoms with E-state index in [-0.39, 0.29) is 0 Å². The van der Waals surface area contributed by atoms with Crippen LogP contribution in [0.4, 0.5) is 0 Å². The number of rotatable bonds is 4. The number of aliphatic imine (C=N–C) groups is 1. The fourth-order valence-corrected chi connectivity index (χ4v) is 1.58. The molecule has 0 aliphatic carbocycles. The number of hydrogen-bond acceptors (Lipinski definition) is 1. The molecule has 0 saturated carbocycles. The topological polar surface area (TPSA) is 12.4 Å². The Kier molecular flexibility index (Phi) is 3.61. The molecule has 0 aromatic rings. The predicted octanol–water partition coefficient (Wildman–Crippen LogP) is 3.19. The molecule has 1 unspecified atom stereocenters. The van der Waals surface area contributed by atoms with Crippen LogP contribution in [0.25, 0.3) is 0 Å². The highest BCUT2D eigenvalue weighted by Crippen LogP contribution is 2.16. The Bertz CT molecular complexity index is 138. The van der Waals surface area contributed by atoms with E-state index < -0.39 is 0 Å². The lowest BCUT2D eigenvalue weighted by atomic mass is 10.1. The van der Waals surface area contributed by atoms with Gasteiger partial charge < -0.3 is 0 Å². The van der Waals surface area contributed by atoms with Gasteiger partial charge in [0.15, 0.2) is 0 Å².